The van der Waals surface area contributed by atoms with Crippen LogP contribution in [0.25, 0.3) is 0 Å². The molecule has 2 rings (SSSR count). The number of rotatable bonds is 5. The van der Waals surface area contributed by atoms with Crippen LogP contribution in [0.1, 0.15) is 44.0 Å². The van der Waals surface area contributed by atoms with Crippen molar-refractivity contribution in [3.8, 4) is 0 Å². The van der Waals surface area contributed by atoms with E-state index in [0.29, 0.717) is 0 Å². The number of fused-ring (bicyclic) bond motifs is 1. The molecule has 0 radical (unpaired) electrons. The molecule has 0 saturated heterocycles. The molecule has 1 aliphatic rings. The normalized spacial score (nSPS) is 18.8. The zero-order valence-corrected chi connectivity index (χ0v) is 10.7. The van der Waals surface area contributed by atoms with Crippen molar-refractivity contribution in [2.75, 3.05) is 6.61 Å². The minimum absolute atomic E-state index is 0.0506. The summed E-state index contributed by atoms with van der Waals surface area (Å²) in [5.41, 5.74) is 8.18. The van der Waals surface area contributed by atoms with Gasteiger partial charge in [0.05, 0.1) is 18.6 Å². The maximum atomic E-state index is 9.10. The molecule has 0 amide bonds. The highest BCUT2D eigenvalue weighted by molar-refractivity contribution is 5.16. The first kappa shape index (κ1) is 12.6. The number of hydrogen-bond acceptors (Lipinski definition) is 3. The molecule has 0 spiro atoms. The van der Waals surface area contributed by atoms with Gasteiger partial charge in [-0.25, -0.2) is 4.98 Å². The van der Waals surface area contributed by atoms with E-state index in [-0.39, 0.29) is 6.61 Å². The highest BCUT2D eigenvalue weighted by Gasteiger charge is 2.18. The molecule has 1 heterocycles. The fraction of sp³-hybridized carbons (Fsp3) is 0.769. The van der Waals surface area contributed by atoms with E-state index >= 15 is 0 Å². The largest absolute Gasteiger partial charge is 0.394 e. The quantitative estimate of drug-likeness (QED) is 0.810. The maximum absolute atomic E-state index is 9.10. The fourth-order valence-electron chi connectivity index (χ4n) is 2.46. The van der Waals surface area contributed by atoms with E-state index in [4.69, 9.17) is 10.8 Å². The summed E-state index contributed by atoms with van der Waals surface area (Å²) < 4.78 is 2.27. The number of aromatic nitrogens is 2. The van der Waals surface area contributed by atoms with Crippen molar-refractivity contribution in [2.45, 2.75) is 57.5 Å². The minimum Gasteiger partial charge on any atom is -0.394 e. The molecule has 3 N–H and O–H groups in total. The summed E-state index contributed by atoms with van der Waals surface area (Å²) in [5.74, 6) is 0. The standard InChI is InChI=1S/C13H23N3O/c1-13(14,9-17)7-4-8-16-10-15-11-5-2-3-6-12(11)16/h10,17H,2-9,14H2,1H3. The lowest BCUT2D eigenvalue weighted by Crippen LogP contribution is -2.40. The molecule has 0 aromatic carbocycles. The van der Waals surface area contributed by atoms with Gasteiger partial charge in [0.15, 0.2) is 0 Å². The molecule has 0 aliphatic heterocycles. The van der Waals surface area contributed by atoms with Crippen LogP contribution in [0.15, 0.2) is 6.33 Å². The Morgan fingerprint density at radius 1 is 1.47 bits per heavy atom. The molecule has 1 atom stereocenters. The first-order chi connectivity index (χ1) is 8.12. The minimum atomic E-state index is -0.444. The average molecular weight is 237 g/mol. The molecular formula is C13H23N3O. The third-order valence-electron chi connectivity index (χ3n) is 3.62. The van der Waals surface area contributed by atoms with Crippen molar-refractivity contribution in [3.05, 3.63) is 17.7 Å². The number of imidazole rings is 1. The van der Waals surface area contributed by atoms with Crippen molar-refractivity contribution in [1.82, 2.24) is 9.55 Å². The van der Waals surface area contributed by atoms with Crippen LogP contribution in [0.5, 0.6) is 0 Å². The van der Waals surface area contributed by atoms with Crippen molar-refractivity contribution in [2.24, 2.45) is 5.73 Å². The monoisotopic (exact) mass is 237 g/mol. The van der Waals surface area contributed by atoms with E-state index < -0.39 is 5.54 Å². The summed E-state index contributed by atoms with van der Waals surface area (Å²) in [4.78, 5) is 4.47. The lowest BCUT2D eigenvalue weighted by Gasteiger charge is -2.22. The molecule has 1 aromatic heterocycles. The van der Waals surface area contributed by atoms with Gasteiger partial charge in [0.25, 0.3) is 0 Å². The summed E-state index contributed by atoms with van der Waals surface area (Å²) in [6.45, 7) is 2.92. The van der Waals surface area contributed by atoms with Gasteiger partial charge in [-0.3, -0.25) is 0 Å². The number of aryl methyl sites for hydroxylation is 2. The van der Waals surface area contributed by atoms with Gasteiger partial charge >= 0.3 is 0 Å². The van der Waals surface area contributed by atoms with E-state index in [0.717, 1.165) is 32.2 Å². The zero-order chi connectivity index (χ0) is 12.3. The predicted octanol–water partition coefficient (Wildman–Crippen LogP) is 1.25. The fourth-order valence-corrected chi connectivity index (χ4v) is 2.46. The Balaban J connectivity index is 1.89. The highest BCUT2D eigenvalue weighted by atomic mass is 16.3. The summed E-state index contributed by atoms with van der Waals surface area (Å²) >= 11 is 0. The van der Waals surface area contributed by atoms with E-state index in [1.54, 1.807) is 0 Å². The van der Waals surface area contributed by atoms with Crippen LogP contribution in [0.4, 0.5) is 0 Å². The second-order valence-corrected chi connectivity index (χ2v) is 5.45. The van der Waals surface area contributed by atoms with Gasteiger partial charge in [-0.2, -0.15) is 0 Å². The van der Waals surface area contributed by atoms with Crippen LogP contribution in [-0.4, -0.2) is 26.8 Å². The van der Waals surface area contributed by atoms with Crippen LogP contribution in [0.3, 0.4) is 0 Å². The SMILES string of the molecule is CC(N)(CO)CCCn1cnc2c1CCCC2. The maximum Gasteiger partial charge on any atom is 0.0951 e. The molecule has 0 bridgehead atoms. The van der Waals surface area contributed by atoms with Crippen molar-refractivity contribution in [3.63, 3.8) is 0 Å². The van der Waals surface area contributed by atoms with Gasteiger partial charge in [0.1, 0.15) is 0 Å². The summed E-state index contributed by atoms with van der Waals surface area (Å²) in [6, 6.07) is 0. The average Bonchev–Trinajstić information content (AvgIpc) is 2.73. The second-order valence-electron chi connectivity index (χ2n) is 5.45. The van der Waals surface area contributed by atoms with Gasteiger partial charge < -0.3 is 15.4 Å². The lowest BCUT2D eigenvalue weighted by molar-refractivity contribution is 0.196. The Labute approximate surface area is 103 Å². The Kier molecular flexibility index (Phi) is 3.84. The van der Waals surface area contributed by atoms with Crippen LogP contribution >= 0.6 is 0 Å². The Morgan fingerprint density at radius 3 is 3.00 bits per heavy atom. The van der Waals surface area contributed by atoms with E-state index in [9.17, 15) is 0 Å². The molecule has 0 fully saturated rings. The molecule has 1 aliphatic carbocycles. The summed E-state index contributed by atoms with van der Waals surface area (Å²) in [5, 5.41) is 9.10. The molecule has 4 heteroatoms. The van der Waals surface area contributed by atoms with E-state index in [1.807, 2.05) is 13.3 Å². The van der Waals surface area contributed by atoms with Crippen molar-refractivity contribution >= 4 is 0 Å². The molecule has 96 valence electrons. The number of aliphatic hydroxyl groups excluding tert-OH is 1. The van der Waals surface area contributed by atoms with Gasteiger partial charge in [-0.05, 0) is 45.4 Å². The molecular weight excluding hydrogens is 214 g/mol. The third kappa shape index (κ3) is 3.07. The number of aliphatic hydroxyl groups is 1. The topological polar surface area (TPSA) is 64.1 Å². The number of nitrogens with two attached hydrogens (primary N) is 1. The van der Waals surface area contributed by atoms with Gasteiger partial charge in [-0.1, -0.05) is 0 Å². The van der Waals surface area contributed by atoms with Crippen LogP contribution < -0.4 is 5.73 Å². The molecule has 1 unspecified atom stereocenters. The Hall–Kier alpha value is -0.870. The Morgan fingerprint density at radius 2 is 2.24 bits per heavy atom. The molecule has 0 saturated carbocycles. The molecule has 1 aromatic rings. The highest BCUT2D eigenvalue weighted by Crippen LogP contribution is 2.20. The van der Waals surface area contributed by atoms with Crippen LogP contribution in [0, 0.1) is 0 Å². The number of nitrogens with zero attached hydrogens (tertiary/aromatic N) is 2. The van der Waals surface area contributed by atoms with E-state index in [1.165, 1.54) is 24.2 Å². The summed E-state index contributed by atoms with van der Waals surface area (Å²) in [7, 11) is 0. The van der Waals surface area contributed by atoms with Crippen molar-refractivity contribution in [1.29, 1.82) is 0 Å². The predicted molar refractivity (Wildman–Crippen MR) is 67.8 cm³/mol. The summed E-state index contributed by atoms with van der Waals surface area (Å²) in [6.07, 6.45) is 8.65. The smallest absolute Gasteiger partial charge is 0.0951 e. The molecule has 4 nitrogen and oxygen atoms in total. The second kappa shape index (κ2) is 5.19. The Bertz CT molecular complexity index is 371. The number of hydrogen-bond donors (Lipinski definition) is 2. The van der Waals surface area contributed by atoms with E-state index in [2.05, 4.69) is 9.55 Å². The van der Waals surface area contributed by atoms with Crippen LogP contribution in [-0.2, 0) is 19.4 Å². The molecule has 17 heavy (non-hydrogen) atoms. The van der Waals surface area contributed by atoms with Crippen molar-refractivity contribution < 1.29 is 5.11 Å². The van der Waals surface area contributed by atoms with Gasteiger partial charge in [-0.15, -0.1) is 0 Å². The van der Waals surface area contributed by atoms with Gasteiger partial charge in [0.2, 0.25) is 0 Å². The third-order valence-corrected chi connectivity index (χ3v) is 3.62. The lowest BCUT2D eigenvalue weighted by atomic mass is 9.98. The zero-order valence-electron chi connectivity index (χ0n) is 10.7. The first-order valence-corrected chi connectivity index (χ1v) is 6.55. The van der Waals surface area contributed by atoms with Crippen LogP contribution in [0.2, 0.25) is 0 Å². The van der Waals surface area contributed by atoms with Gasteiger partial charge in [0, 0.05) is 17.8 Å². The first-order valence-electron chi connectivity index (χ1n) is 6.55.